The SMILES string of the molecule is O=C(O)[C@@H]1CC[C@H](c2ccc(/C=C/c3ccccc3)cc2)N1C(=O)O. The molecular weight excluding hydrogens is 318 g/mol. The Hall–Kier alpha value is -3.08. The Morgan fingerprint density at radius 1 is 0.880 bits per heavy atom. The first-order chi connectivity index (χ1) is 12.1. The zero-order valence-electron chi connectivity index (χ0n) is 13.6. The second-order valence-corrected chi connectivity index (χ2v) is 6.05. The van der Waals surface area contributed by atoms with Gasteiger partial charge in [-0.2, -0.15) is 0 Å². The summed E-state index contributed by atoms with van der Waals surface area (Å²) >= 11 is 0. The van der Waals surface area contributed by atoms with Crippen molar-refractivity contribution in [1.29, 1.82) is 0 Å². The average Bonchev–Trinajstić information content (AvgIpc) is 3.07. The fourth-order valence-electron chi connectivity index (χ4n) is 3.23. The van der Waals surface area contributed by atoms with Crippen molar-refractivity contribution in [3.63, 3.8) is 0 Å². The van der Waals surface area contributed by atoms with E-state index in [0.717, 1.165) is 21.6 Å². The molecule has 0 spiro atoms. The summed E-state index contributed by atoms with van der Waals surface area (Å²) in [5.41, 5.74) is 2.92. The molecule has 1 saturated heterocycles. The molecule has 1 aliphatic heterocycles. The minimum atomic E-state index is -1.19. The molecule has 3 rings (SSSR count). The zero-order chi connectivity index (χ0) is 17.8. The van der Waals surface area contributed by atoms with Gasteiger partial charge in [-0.3, -0.25) is 4.90 Å². The maximum atomic E-state index is 11.5. The number of hydrogen-bond donors (Lipinski definition) is 2. The van der Waals surface area contributed by atoms with Crippen LogP contribution in [0.25, 0.3) is 12.2 Å². The maximum Gasteiger partial charge on any atom is 0.408 e. The van der Waals surface area contributed by atoms with Crippen LogP contribution in [0.4, 0.5) is 4.79 Å². The normalized spacial score (nSPS) is 20.1. The Bertz CT molecular complexity index is 783. The first-order valence-electron chi connectivity index (χ1n) is 8.13. The average molecular weight is 337 g/mol. The van der Waals surface area contributed by atoms with Crippen molar-refractivity contribution < 1.29 is 19.8 Å². The lowest BCUT2D eigenvalue weighted by atomic mass is 10.0. The molecule has 5 nitrogen and oxygen atoms in total. The zero-order valence-corrected chi connectivity index (χ0v) is 13.6. The van der Waals surface area contributed by atoms with E-state index in [1.54, 1.807) is 0 Å². The van der Waals surface area contributed by atoms with Crippen LogP contribution >= 0.6 is 0 Å². The molecule has 2 atom stereocenters. The summed E-state index contributed by atoms with van der Waals surface area (Å²) in [6.45, 7) is 0. The van der Waals surface area contributed by atoms with Gasteiger partial charge in [0.25, 0.3) is 0 Å². The standard InChI is InChI=1S/C20H19NO4/c22-19(23)18-13-12-17(21(18)20(24)25)16-10-8-15(9-11-16)7-6-14-4-2-1-3-5-14/h1-11,17-18H,12-13H2,(H,22,23)(H,24,25)/b7-6+/t17-,18+/m1/s1. The molecule has 1 heterocycles. The summed E-state index contributed by atoms with van der Waals surface area (Å²) in [5.74, 6) is -1.09. The number of carbonyl (C=O) groups is 2. The highest BCUT2D eigenvalue weighted by Gasteiger charge is 2.41. The van der Waals surface area contributed by atoms with Gasteiger partial charge in [0.2, 0.25) is 0 Å². The molecule has 1 fully saturated rings. The van der Waals surface area contributed by atoms with Crippen molar-refractivity contribution in [3.05, 3.63) is 71.3 Å². The van der Waals surface area contributed by atoms with Crippen LogP contribution in [-0.2, 0) is 4.79 Å². The molecule has 1 amide bonds. The Labute approximate surface area is 145 Å². The van der Waals surface area contributed by atoms with E-state index in [2.05, 4.69) is 0 Å². The van der Waals surface area contributed by atoms with Crippen LogP contribution in [0.2, 0.25) is 0 Å². The second kappa shape index (κ2) is 7.21. The van der Waals surface area contributed by atoms with Gasteiger partial charge < -0.3 is 10.2 Å². The highest BCUT2D eigenvalue weighted by atomic mass is 16.4. The third-order valence-electron chi connectivity index (χ3n) is 4.48. The van der Waals surface area contributed by atoms with Crippen LogP contribution < -0.4 is 0 Å². The lowest BCUT2D eigenvalue weighted by molar-refractivity contribution is -0.142. The number of aliphatic carboxylic acids is 1. The Morgan fingerprint density at radius 3 is 2.04 bits per heavy atom. The molecule has 1 aliphatic rings. The van der Waals surface area contributed by atoms with Crippen LogP contribution in [0.5, 0.6) is 0 Å². The Morgan fingerprint density at radius 2 is 1.48 bits per heavy atom. The number of likely N-dealkylation sites (tertiary alicyclic amines) is 1. The Kier molecular flexibility index (Phi) is 4.84. The van der Waals surface area contributed by atoms with Crippen molar-refractivity contribution in [2.24, 2.45) is 0 Å². The van der Waals surface area contributed by atoms with E-state index in [1.165, 1.54) is 0 Å². The summed E-state index contributed by atoms with van der Waals surface area (Å²) in [5, 5.41) is 18.6. The molecule has 0 bridgehead atoms. The minimum absolute atomic E-state index is 0.335. The smallest absolute Gasteiger partial charge is 0.408 e. The van der Waals surface area contributed by atoms with Crippen LogP contribution in [0.15, 0.2) is 54.6 Å². The largest absolute Gasteiger partial charge is 0.480 e. The topological polar surface area (TPSA) is 77.8 Å². The molecule has 0 aliphatic carbocycles. The van der Waals surface area contributed by atoms with E-state index in [4.69, 9.17) is 0 Å². The van der Waals surface area contributed by atoms with Crippen LogP contribution in [-0.4, -0.2) is 33.2 Å². The van der Waals surface area contributed by atoms with Gasteiger partial charge in [-0.15, -0.1) is 0 Å². The number of carboxylic acid groups (broad SMARTS) is 2. The first kappa shape index (κ1) is 16.8. The summed E-state index contributed by atoms with van der Waals surface area (Å²) in [6.07, 6.45) is 3.66. The van der Waals surface area contributed by atoms with E-state index in [0.29, 0.717) is 12.8 Å². The molecule has 25 heavy (non-hydrogen) atoms. The number of carboxylic acids is 1. The number of hydrogen-bond acceptors (Lipinski definition) is 2. The van der Waals surface area contributed by atoms with Crippen molar-refractivity contribution in [3.8, 4) is 0 Å². The van der Waals surface area contributed by atoms with Gasteiger partial charge in [0.1, 0.15) is 6.04 Å². The third-order valence-corrected chi connectivity index (χ3v) is 4.48. The van der Waals surface area contributed by atoms with Crippen LogP contribution in [0, 0.1) is 0 Å². The molecule has 0 unspecified atom stereocenters. The molecule has 0 saturated carbocycles. The van der Waals surface area contributed by atoms with E-state index < -0.39 is 24.1 Å². The molecule has 2 aromatic carbocycles. The number of nitrogens with zero attached hydrogens (tertiary/aromatic N) is 1. The monoisotopic (exact) mass is 337 g/mol. The first-order valence-corrected chi connectivity index (χ1v) is 8.13. The highest BCUT2D eigenvalue weighted by molar-refractivity contribution is 5.80. The molecule has 128 valence electrons. The minimum Gasteiger partial charge on any atom is -0.480 e. The molecule has 2 aromatic rings. The lowest BCUT2D eigenvalue weighted by Gasteiger charge is -2.25. The van der Waals surface area contributed by atoms with Gasteiger partial charge in [-0.05, 0) is 29.5 Å². The van der Waals surface area contributed by atoms with Gasteiger partial charge in [-0.25, -0.2) is 9.59 Å². The van der Waals surface area contributed by atoms with Crippen molar-refractivity contribution in [1.82, 2.24) is 4.90 Å². The molecular formula is C20H19NO4. The van der Waals surface area contributed by atoms with Crippen molar-refractivity contribution >= 4 is 24.2 Å². The second-order valence-electron chi connectivity index (χ2n) is 6.05. The highest BCUT2D eigenvalue weighted by Crippen LogP contribution is 2.36. The lowest BCUT2D eigenvalue weighted by Crippen LogP contribution is -2.40. The number of benzene rings is 2. The summed E-state index contributed by atoms with van der Waals surface area (Å²) < 4.78 is 0. The van der Waals surface area contributed by atoms with Crippen LogP contribution in [0.1, 0.15) is 35.6 Å². The predicted octanol–water partition coefficient (Wildman–Crippen LogP) is 4.13. The van der Waals surface area contributed by atoms with E-state index >= 15 is 0 Å². The Balaban J connectivity index is 1.77. The van der Waals surface area contributed by atoms with E-state index in [9.17, 15) is 19.8 Å². The van der Waals surface area contributed by atoms with Gasteiger partial charge in [0.05, 0.1) is 6.04 Å². The van der Waals surface area contributed by atoms with Gasteiger partial charge in [0.15, 0.2) is 0 Å². The quantitative estimate of drug-likeness (QED) is 0.823. The molecule has 2 N–H and O–H groups in total. The molecule has 0 radical (unpaired) electrons. The number of amides is 1. The summed E-state index contributed by atoms with van der Waals surface area (Å²) in [6, 6.07) is 16.1. The van der Waals surface area contributed by atoms with Crippen molar-refractivity contribution in [2.45, 2.75) is 24.9 Å². The summed E-state index contributed by atoms with van der Waals surface area (Å²) in [4.78, 5) is 23.8. The predicted molar refractivity (Wildman–Crippen MR) is 95.1 cm³/mol. The van der Waals surface area contributed by atoms with E-state index in [-0.39, 0.29) is 0 Å². The summed E-state index contributed by atoms with van der Waals surface area (Å²) in [7, 11) is 0. The van der Waals surface area contributed by atoms with Gasteiger partial charge >= 0.3 is 12.1 Å². The van der Waals surface area contributed by atoms with Gasteiger partial charge in [0, 0.05) is 0 Å². The van der Waals surface area contributed by atoms with E-state index in [1.807, 2.05) is 66.7 Å². The van der Waals surface area contributed by atoms with Crippen LogP contribution in [0.3, 0.4) is 0 Å². The molecule has 0 aromatic heterocycles. The maximum absolute atomic E-state index is 11.5. The van der Waals surface area contributed by atoms with Gasteiger partial charge in [-0.1, -0.05) is 66.7 Å². The number of rotatable bonds is 4. The third kappa shape index (κ3) is 3.71. The molecule has 5 heteroatoms. The fourth-order valence-corrected chi connectivity index (χ4v) is 3.23. The van der Waals surface area contributed by atoms with Crippen molar-refractivity contribution in [2.75, 3.05) is 0 Å². The fraction of sp³-hybridized carbons (Fsp3) is 0.200.